The van der Waals surface area contributed by atoms with Crippen molar-refractivity contribution in [2.45, 2.75) is 25.8 Å². The number of hydrogen-bond acceptors (Lipinski definition) is 1. The summed E-state index contributed by atoms with van der Waals surface area (Å²) in [4.78, 5) is 0. The molecule has 3 rings (SSSR count). The van der Waals surface area contributed by atoms with E-state index in [0.717, 1.165) is 19.0 Å². The van der Waals surface area contributed by atoms with Crippen LogP contribution in [0.25, 0.3) is 10.9 Å². The van der Waals surface area contributed by atoms with E-state index in [1.54, 1.807) is 0 Å². The third-order valence-corrected chi connectivity index (χ3v) is 3.72. The standard InChI is InChI=1S/C15H20N2/c1-17-11-13(10-16-9-8-12-6-7-12)14-4-2-3-5-15(14)17/h2-5,11-12,16H,6-10H2,1H3. The van der Waals surface area contributed by atoms with Crippen molar-refractivity contribution in [3.05, 3.63) is 36.0 Å². The van der Waals surface area contributed by atoms with E-state index < -0.39 is 0 Å². The first-order valence-corrected chi connectivity index (χ1v) is 6.58. The van der Waals surface area contributed by atoms with Gasteiger partial charge in [0.25, 0.3) is 0 Å². The van der Waals surface area contributed by atoms with Crippen molar-refractivity contribution in [1.29, 1.82) is 0 Å². The van der Waals surface area contributed by atoms with Gasteiger partial charge in [0.15, 0.2) is 0 Å². The molecule has 2 aromatic rings. The number of aryl methyl sites for hydroxylation is 1. The molecule has 0 atom stereocenters. The number of nitrogens with one attached hydrogen (secondary N) is 1. The van der Waals surface area contributed by atoms with Crippen molar-refractivity contribution in [3.63, 3.8) is 0 Å². The second kappa shape index (κ2) is 4.53. The summed E-state index contributed by atoms with van der Waals surface area (Å²) in [6.45, 7) is 2.15. The van der Waals surface area contributed by atoms with Crippen LogP contribution in [0.4, 0.5) is 0 Å². The van der Waals surface area contributed by atoms with Gasteiger partial charge in [-0.15, -0.1) is 0 Å². The van der Waals surface area contributed by atoms with Crippen molar-refractivity contribution in [1.82, 2.24) is 9.88 Å². The van der Waals surface area contributed by atoms with Crippen LogP contribution in [-0.4, -0.2) is 11.1 Å². The van der Waals surface area contributed by atoms with Crippen LogP contribution in [0, 0.1) is 5.92 Å². The molecule has 1 aliphatic rings. The van der Waals surface area contributed by atoms with Gasteiger partial charge in [0.1, 0.15) is 0 Å². The Labute approximate surface area is 103 Å². The summed E-state index contributed by atoms with van der Waals surface area (Å²) >= 11 is 0. The van der Waals surface area contributed by atoms with E-state index in [1.807, 2.05) is 0 Å². The van der Waals surface area contributed by atoms with E-state index in [9.17, 15) is 0 Å². The van der Waals surface area contributed by atoms with Gasteiger partial charge in [0, 0.05) is 30.7 Å². The normalized spacial score (nSPS) is 15.6. The van der Waals surface area contributed by atoms with E-state index >= 15 is 0 Å². The molecule has 1 fully saturated rings. The highest BCUT2D eigenvalue weighted by Gasteiger charge is 2.19. The maximum Gasteiger partial charge on any atom is 0.0481 e. The van der Waals surface area contributed by atoms with Crippen molar-refractivity contribution in [2.24, 2.45) is 13.0 Å². The minimum absolute atomic E-state index is 0.994. The van der Waals surface area contributed by atoms with Crippen LogP contribution in [0.3, 0.4) is 0 Å². The fourth-order valence-corrected chi connectivity index (χ4v) is 2.50. The molecule has 1 heterocycles. The molecule has 2 heteroatoms. The zero-order valence-corrected chi connectivity index (χ0v) is 10.4. The molecule has 1 aliphatic carbocycles. The fraction of sp³-hybridized carbons (Fsp3) is 0.467. The lowest BCUT2D eigenvalue weighted by atomic mass is 10.2. The topological polar surface area (TPSA) is 17.0 Å². The third-order valence-electron chi connectivity index (χ3n) is 3.72. The Hall–Kier alpha value is -1.28. The molecule has 1 aromatic heterocycles. The highest BCUT2D eigenvalue weighted by atomic mass is 14.9. The van der Waals surface area contributed by atoms with E-state index in [0.29, 0.717) is 0 Å². The summed E-state index contributed by atoms with van der Waals surface area (Å²) in [6, 6.07) is 8.62. The number of nitrogens with zero attached hydrogens (tertiary/aromatic N) is 1. The Bertz CT molecular complexity index is 509. The maximum absolute atomic E-state index is 3.57. The molecule has 0 radical (unpaired) electrons. The third kappa shape index (κ3) is 2.37. The van der Waals surface area contributed by atoms with Gasteiger partial charge < -0.3 is 9.88 Å². The number of benzene rings is 1. The minimum atomic E-state index is 0.994. The van der Waals surface area contributed by atoms with Crippen LogP contribution in [0.15, 0.2) is 30.5 Å². The van der Waals surface area contributed by atoms with Crippen molar-refractivity contribution in [2.75, 3.05) is 6.54 Å². The molecule has 0 bridgehead atoms. The van der Waals surface area contributed by atoms with Gasteiger partial charge in [0.05, 0.1) is 0 Å². The molecule has 0 amide bonds. The van der Waals surface area contributed by atoms with Gasteiger partial charge in [-0.05, 0) is 30.5 Å². The van der Waals surface area contributed by atoms with Gasteiger partial charge in [-0.25, -0.2) is 0 Å². The Morgan fingerprint density at radius 3 is 2.94 bits per heavy atom. The van der Waals surface area contributed by atoms with E-state index in [1.165, 1.54) is 35.7 Å². The predicted molar refractivity (Wildman–Crippen MR) is 72.0 cm³/mol. The lowest BCUT2D eigenvalue weighted by Gasteiger charge is -2.02. The Balaban J connectivity index is 1.67. The SMILES string of the molecule is Cn1cc(CNCCC2CC2)c2ccccc21. The molecule has 90 valence electrons. The summed E-state index contributed by atoms with van der Waals surface area (Å²) in [5.74, 6) is 1.02. The fourth-order valence-electron chi connectivity index (χ4n) is 2.50. The summed E-state index contributed by atoms with van der Waals surface area (Å²) in [7, 11) is 2.12. The van der Waals surface area contributed by atoms with Gasteiger partial charge in [-0.3, -0.25) is 0 Å². The summed E-state index contributed by atoms with van der Waals surface area (Å²) in [6.07, 6.45) is 6.51. The predicted octanol–water partition coefficient (Wildman–Crippen LogP) is 3.07. The molecule has 17 heavy (non-hydrogen) atoms. The number of rotatable bonds is 5. The number of fused-ring (bicyclic) bond motifs is 1. The molecule has 1 aromatic carbocycles. The number of hydrogen-bond donors (Lipinski definition) is 1. The van der Waals surface area contributed by atoms with Crippen LogP contribution in [0.5, 0.6) is 0 Å². The van der Waals surface area contributed by atoms with Crippen molar-refractivity contribution < 1.29 is 0 Å². The van der Waals surface area contributed by atoms with E-state index in [4.69, 9.17) is 0 Å². The van der Waals surface area contributed by atoms with Crippen molar-refractivity contribution in [3.8, 4) is 0 Å². The highest BCUT2D eigenvalue weighted by molar-refractivity contribution is 5.83. The first kappa shape index (κ1) is 10.8. The lowest BCUT2D eigenvalue weighted by molar-refractivity contribution is 0.613. The summed E-state index contributed by atoms with van der Waals surface area (Å²) in [5.41, 5.74) is 2.74. The van der Waals surface area contributed by atoms with E-state index in [-0.39, 0.29) is 0 Å². The monoisotopic (exact) mass is 228 g/mol. The first-order valence-electron chi connectivity index (χ1n) is 6.58. The summed E-state index contributed by atoms with van der Waals surface area (Å²) in [5, 5.41) is 4.95. The quantitative estimate of drug-likeness (QED) is 0.778. The minimum Gasteiger partial charge on any atom is -0.350 e. The van der Waals surface area contributed by atoms with Crippen LogP contribution in [-0.2, 0) is 13.6 Å². The van der Waals surface area contributed by atoms with Gasteiger partial charge in [0.2, 0.25) is 0 Å². The molecule has 0 spiro atoms. The molecule has 0 saturated heterocycles. The molecular formula is C15H20N2. The smallest absolute Gasteiger partial charge is 0.0481 e. The van der Waals surface area contributed by atoms with Crippen LogP contribution in [0.1, 0.15) is 24.8 Å². The number of aromatic nitrogens is 1. The largest absolute Gasteiger partial charge is 0.350 e. The van der Waals surface area contributed by atoms with Gasteiger partial charge >= 0.3 is 0 Å². The highest BCUT2D eigenvalue weighted by Crippen LogP contribution is 2.31. The average Bonchev–Trinajstić information content (AvgIpc) is 3.12. The maximum atomic E-state index is 3.57. The second-order valence-electron chi connectivity index (χ2n) is 5.19. The zero-order chi connectivity index (χ0) is 11.7. The van der Waals surface area contributed by atoms with E-state index in [2.05, 4.69) is 47.4 Å². The van der Waals surface area contributed by atoms with Crippen LogP contribution in [0.2, 0.25) is 0 Å². The lowest BCUT2D eigenvalue weighted by Crippen LogP contribution is -2.14. The Kier molecular flexibility index (Phi) is 2.89. The average molecular weight is 228 g/mol. The second-order valence-corrected chi connectivity index (χ2v) is 5.19. The number of para-hydroxylation sites is 1. The van der Waals surface area contributed by atoms with Crippen molar-refractivity contribution >= 4 is 10.9 Å². The molecule has 2 nitrogen and oxygen atoms in total. The summed E-state index contributed by atoms with van der Waals surface area (Å²) < 4.78 is 2.22. The molecule has 1 N–H and O–H groups in total. The Morgan fingerprint density at radius 2 is 2.12 bits per heavy atom. The van der Waals surface area contributed by atoms with Crippen LogP contribution < -0.4 is 5.32 Å². The first-order chi connectivity index (χ1) is 8.34. The van der Waals surface area contributed by atoms with Crippen LogP contribution >= 0.6 is 0 Å². The molecule has 0 aliphatic heterocycles. The van der Waals surface area contributed by atoms with Gasteiger partial charge in [-0.2, -0.15) is 0 Å². The molecule has 1 saturated carbocycles. The Morgan fingerprint density at radius 1 is 1.29 bits per heavy atom. The molecule has 0 unspecified atom stereocenters. The zero-order valence-electron chi connectivity index (χ0n) is 10.4. The molecular weight excluding hydrogens is 208 g/mol. The van der Waals surface area contributed by atoms with Gasteiger partial charge in [-0.1, -0.05) is 31.0 Å².